The van der Waals surface area contributed by atoms with Crippen LogP contribution in [0.4, 0.5) is 5.82 Å². The van der Waals surface area contributed by atoms with Crippen LogP contribution < -0.4 is 4.90 Å². The van der Waals surface area contributed by atoms with Crippen LogP contribution in [0.3, 0.4) is 0 Å². The van der Waals surface area contributed by atoms with Crippen LogP contribution in [0, 0.1) is 24.2 Å². The first-order valence-corrected chi connectivity index (χ1v) is 7.20. The molecule has 0 unspecified atom stereocenters. The molecule has 0 radical (unpaired) electrons. The van der Waals surface area contributed by atoms with Crippen molar-refractivity contribution in [2.75, 3.05) is 31.7 Å². The minimum absolute atomic E-state index is 0.200. The van der Waals surface area contributed by atoms with E-state index in [1.165, 1.54) is 0 Å². The van der Waals surface area contributed by atoms with E-state index in [0.717, 1.165) is 62.6 Å². The highest BCUT2D eigenvalue weighted by Crippen LogP contribution is 2.21. The second-order valence-electron chi connectivity index (χ2n) is 5.25. The molecule has 0 atom stereocenters. The molecule has 2 heterocycles. The number of hydrogen-bond acceptors (Lipinski definition) is 5. The topological polar surface area (TPSA) is 62.0 Å². The van der Waals surface area contributed by atoms with Crippen molar-refractivity contribution < 1.29 is 4.74 Å². The van der Waals surface area contributed by atoms with E-state index in [-0.39, 0.29) is 5.92 Å². The van der Waals surface area contributed by atoms with Crippen LogP contribution in [0.2, 0.25) is 0 Å². The summed E-state index contributed by atoms with van der Waals surface area (Å²) in [6.45, 7) is 4.54. The molecular weight excluding hydrogens is 252 g/mol. The molecule has 108 valence electrons. The summed E-state index contributed by atoms with van der Waals surface area (Å²) in [5.41, 5.74) is 2.05. The number of piperidine rings is 1. The highest BCUT2D eigenvalue weighted by Gasteiger charge is 2.20. The lowest BCUT2D eigenvalue weighted by atomic mass is 9.99. The summed E-state index contributed by atoms with van der Waals surface area (Å²) in [5.74, 6) is 1.14. The molecule has 2 rings (SSSR count). The Balaban J connectivity index is 2.02. The average Bonchev–Trinajstić information content (AvgIpc) is 2.49. The fourth-order valence-corrected chi connectivity index (χ4v) is 2.49. The molecule has 5 heteroatoms. The Morgan fingerprint density at radius 1 is 1.45 bits per heavy atom. The Bertz CT molecular complexity index is 475. The first-order chi connectivity index (χ1) is 9.74. The summed E-state index contributed by atoms with van der Waals surface area (Å²) in [4.78, 5) is 11.4. The molecule has 1 saturated heterocycles. The van der Waals surface area contributed by atoms with Crippen molar-refractivity contribution in [3.05, 3.63) is 17.6 Å². The lowest BCUT2D eigenvalue weighted by molar-refractivity contribution is 0.195. The minimum atomic E-state index is 0.200. The maximum atomic E-state index is 8.94. The maximum Gasteiger partial charge on any atom is 0.147 e. The van der Waals surface area contributed by atoms with E-state index in [2.05, 4.69) is 16.0 Å². The summed E-state index contributed by atoms with van der Waals surface area (Å²) >= 11 is 0. The van der Waals surface area contributed by atoms with Gasteiger partial charge >= 0.3 is 0 Å². The van der Waals surface area contributed by atoms with Crippen LogP contribution in [-0.2, 0) is 11.2 Å². The Hall–Kier alpha value is -1.67. The van der Waals surface area contributed by atoms with Crippen LogP contribution >= 0.6 is 0 Å². The lowest BCUT2D eigenvalue weighted by Gasteiger charge is -2.30. The molecule has 1 aliphatic rings. The van der Waals surface area contributed by atoms with Gasteiger partial charge in [0.15, 0.2) is 0 Å². The minimum Gasteiger partial charge on any atom is -0.385 e. The number of aryl methyl sites for hydroxylation is 2. The Labute approximate surface area is 120 Å². The quantitative estimate of drug-likeness (QED) is 0.769. The van der Waals surface area contributed by atoms with E-state index in [1.807, 2.05) is 13.1 Å². The number of ether oxygens (including phenoxy) is 1. The zero-order chi connectivity index (χ0) is 14.4. The van der Waals surface area contributed by atoms with Gasteiger partial charge in [-0.25, -0.2) is 4.98 Å². The summed E-state index contributed by atoms with van der Waals surface area (Å²) in [5, 5.41) is 8.94. The fourth-order valence-electron chi connectivity index (χ4n) is 2.49. The van der Waals surface area contributed by atoms with Crippen molar-refractivity contribution >= 4 is 5.82 Å². The third-order valence-electron chi connectivity index (χ3n) is 3.80. The van der Waals surface area contributed by atoms with Crippen molar-refractivity contribution in [3.63, 3.8) is 0 Å². The van der Waals surface area contributed by atoms with Crippen LogP contribution in [0.25, 0.3) is 0 Å². The summed E-state index contributed by atoms with van der Waals surface area (Å²) in [6, 6.07) is 2.35. The molecule has 1 aliphatic heterocycles. The predicted molar refractivity (Wildman–Crippen MR) is 77.5 cm³/mol. The first-order valence-electron chi connectivity index (χ1n) is 7.20. The molecule has 0 amide bonds. The van der Waals surface area contributed by atoms with Crippen molar-refractivity contribution in [3.8, 4) is 6.07 Å². The SMILES string of the molecule is COCCCc1nc(N2CCC(C#N)CC2)cnc1C. The van der Waals surface area contributed by atoms with Gasteiger partial charge in [-0.1, -0.05) is 0 Å². The average molecular weight is 274 g/mol. The number of methoxy groups -OCH3 is 1. The molecule has 0 aliphatic carbocycles. The monoisotopic (exact) mass is 274 g/mol. The molecule has 0 bridgehead atoms. The molecule has 20 heavy (non-hydrogen) atoms. The predicted octanol–water partition coefficient (Wildman–Crippen LogP) is 2.10. The third-order valence-corrected chi connectivity index (χ3v) is 3.80. The van der Waals surface area contributed by atoms with Crippen molar-refractivity contribution in [2.45, 2.75) is 32.6 Å². The fraction of sp³-hybridized carbons (Fsp3) is 0.667. The van der Waals surface area contributed by atoms with Gasteiger partial charge in [-0.3, -0.25) is 4.98 Å². The van der Waals surface area contributed by atoms with Gasteiger partial charge in [0, 0.05) is 32.7 Å². The van der Waals surface area contributed by atoms with Crippen molar-refractivity contribution in [1.82, 2.24) is 9.97 Å². The number of nitrogens with zero attached hydrogens (tertiary/aromatic N) is 4. The first kappa shape index (κ1) is 14.7. The van der Waals surface area contributed by atoms with E-state index < -0.39 is 0 Å². The Kier molecular flexibility index (Phi) is 5.31. The number of aromatic nitrogens is 2. The van der Waals surface area contributed by atoms with E-state index >= 15 is 0 Å². The van der Waals surface area contributed by atoms with Crippen LogP contribution in [-0.4, -0.2) is 36.8 Å². The highest BCUT2D eigenvalue weighted by atomic mass is 16.5. The smallest absolute Gasteiger partial charge is 0.147 e. The van der Waals surface area contributed by atoms with Crippen LogP contribution in [0.5, 0.6) is 0 Å². The largest absolute Gasteiger partial charge is 0.385 e. The Morgan fingerprint density at radius 2 is 2.20 bits per heavy atom. The lowest BCUT2D eigenvalue weighted by Crippen LogP contribution is -2.34. The van der Waals surface area contributed by atoms with Crippen molar-refractivity contribution in [1.29, 1.82) is 5.26 Å². The van der Waals surface area contributed by atoms with Gasteiger partial charge in [0.05, 0.1) is 23.7 Å². The van der Waals surface area contributed by atoms with Gasteiger partial charge in [0.2, 0.25) is 0 Å². The van der Waals surface area contributed by atoms with Crippen LogP contribution in [0.15, 0.2) is 6.20 Å². The molecule has 0 saturated carbocycles. The third kappa shape index (κ3) is 3.67. The van der Waals surface area contributed by atoms with Gasteiger partial charge in [0.1, 0.15) is 5.82 Å². The highest BCUT2D eigenvalue weighted by molar-refractivity contribution is 5.38. The molecule has 0 aromatic carbocycles. The van der Waals surface area contributed by atoms with Gasteiger partial charge in [-0.15, -0.1) is 0 Å². The van der Waals surface area contributed by atoms with E-state index in [1.54, 1.807) is 7.11 Å². The van der Waals surface area contributed by atoms with Gasteiger partial charge < -0.3 is 9.64 Å². The normalized spacial score (nSPS) is 16.1. The van der Waals surface area contributed by atoms with Gasteiger partial charge in [0.25, 0.3) is 0 Å². The molecule has 5 nitrogen and oxygen atoms in total. The number of hydrogen-bond donors (Lipinski definition) is 0. The number of anilines is 1. The molecule has 1 fully saturated rings. The molecule has 0 spiro atoms. The van der Waals surface area contributed by atoms with E-state index in [4.69, 9.17) is 15.0 Å². The number of rotatable bonds is 5. The van der Waals surface area contributed by atoms with Gasteiger partial charge in [-0.05, 0) is 32.6 Å². The second-order valence-corrected chi connectivity index (χ2v) is 5.25. The van der Waals surface area contributed by atoms with Crippen molar-refractivity contribution in [2.24, 2.45) is 5.92 Å². The summed E-state index contributed by atoms with van der Waals surface area (Å²) in [7, 11) is 1.72. The Morgan fingerprint density at radius 3 is 2.85 bits per heavy atom. The maximum absolute atomic E-state index is 8.94. The summed E-state index contributed by atoms with van der Waals surface area (Å²) < 4.78 is 5.08. The van der Waals surface area contributed by atoms with E-state index in [0.29, 0.717) is 0 Å². The standard InChI is InChI=1S/C15H22N4O/c1-12-14(4-3-9-20-2)18-15(11-17-12)19-7-5-13(10-16)6-8-19/h11,13H,3-9H2,1-2H3. The van der Waals surface area contributed by atoms with Crippen LogP contribution in [0.1, 0.15) is 30.7 Å². The second kappa shape index (κ2) is 7.20. The number of nitriles is 1. The van der Waals surface area contributed by atoms with Gasteiger partial charge in [-0.2, -0.15) is 5.26 Å². The zero-order valence-corrected chi connectivity index (χ0v) is 12.3. The molecule has 1 aromatic rings. The summed E-state index contributed by atoms with van der Waals surface area (Å²) in [6.07, 6.45) is 5.55. The molecular formula is C15H22N4O. The zero-order valence-electron chi connectivity index (χ0n) is 12.3. The molecule has 1 aromatic heterocycles. The molecule has 0 N–H and O–H groups in total. The van der Waals surface area contributed by atoms with E-state index in [9.17, 15) is 0 Å².